The van der Waals surface area contributed by atoms with Gasteiger partial charge in [-0.1, -0.05) is 37.7 Å². The number of pyridine rings is 1. The number of carbonyl (C=O) groups excluding carboxylic acids is 2. The van der Waals surface area contributed by atoms with Crippen molar-refractivity contribution in [1.82, 2.24) is 30.6 Å². The molecular weight excluding hydrogens is 489 g/mol. The van der Waals surface area contributed by atoms with Gasteiger partial charge in [0, 0.05) is 43.7 Å². The van der Waals surface area contributed by atoms with E-state index >= 15 is 4.39 Å². The van der Waals surface area contributed by atoms with Gasteiger partial charge in [0.15, 0.2) is 17.2 Å². The molecule has 10 nitrogen and oxygen atoms in total. The first-order chi connectivity index (χ1) is 18.3. The molecule has 1 amide bonds. The van der Waals surface area contributed by atoms with Crippen LogP contribution in [0.15, 0.2) is 47.6 Å². The van der Waals surface area contributed by atoms with E-state index in [0.717, 1.165) is 29.7 Å². The molecule has 11 heteroatoms. The summed E-state index contributed by atoms with van der Waals surface area (Å²) in [6.45, 7) is 8.74. The van der Waals surface area contributed by atoms with Gasteiger partial charge in [0.1, 0.15) is 5.82 Å². The molecule has 1 atom stereocenters. The highest BCUT2D eigenvalue weighted by molar-refractivity contribution is 6.01. The lowest BCUT2D eigenvalue weighted by Crippen LogP contribution is -2.24. The lowest BCUT2D eigenvalue weighted by molar-refractivity contribution is -0.115. The zero-order chi connectivity index (χ0) is 26.8. The third kappa shape index (κ3) is 5.04. The number of fused-ring (bicyclic) bond motifs is 1. The molecule has 0 spiro atoms. The zero-order valence-corrected chi connectivity index (χ0v) is 21.2. The Morgan fingerprint density at radius 2 is 2.18 bits per heavy atom. The summed E-state index contributed by atoms with van der Waals surface area (Å²) < 4.78 is 20.2. The maximum absolute atomic E-state index is 15.1. The number of rotatable bonds is 9. The van der Waals surface area contributed by atoms with E-state index in [4.69, 9.17) is 4.52 Å². The second-order valence-corrected chi connectivity index (χ2v) is 9.70. The smallest absolute Gasteiger partial charge is 0.292 e. The molecule has 4 heterocycles. The number of nitrogens with zero attached hydrogens (tertiary/aromatic N) is 5. The number of nitrogens with one attached hydrogen (secondary N) is 2. The quantitative estimate of drug-likeness (QED) is 0.317. The summed E-state index contributed by atoms with van der Waals surface area (Å²) in [6, 6.07) is 6.71. The number of H-pyrrole nitrogens is 1. The fourth-order valence-corrected chi connectivity index (χ4v) is 4.64. The van der Waals surface area contributed by atoms with E-state index in [1.165, 1.54) is 12.1 Å². The van der Waals surface area contributed by atoms with Crippen LogP contribution in [0.1, 0.15) is 54.7 Å². The first kappa shape index (κ1) is 25.2. The Morgan fingerprint density at radius 1 is 1.34 bits per heavy atom. The largest absolute Gasteiger partial charge is 0.354 e. The molecule has 0 unspecified atom stereocenters. The van der Waals surface area contributed by atoms with Gasteiger partial charge in [-0.05, 0) is 41.7 Å². The van der Waals surface area contributed by atoms with Crippen molar-refractivity contribution in [3.05, 3.63) is 66.2 Å². The Labute approximate surface area is 218 Å². The summed E-state index contributed by atoms with van der Waals surface area (Å²) in [7, 11) is 0. The van der Waals surface area contributed by atoms with Crippen LogP contribution in [0.2, 0.25) is 0 Å². The Balaban J connectivity index is 1.35. The molecule has 1 aliphatic rings. The highest BCUT2D eigenvalue weighted by Crippen LogP contribution is 2.36. The van der Waals surface area contributed by atoms with Gasteiger partial charge in [-0.25, -0.2) is 9.37 Å². The van der Waals surface area contributed by atoms with Gasteiger partial charge in [-0.15, -0.1) is 0 Å². The fraction of sp³-hybridized carbons (Fsp3) is 0.333. The van der Waals surface area contributed by atoms with Crippen LogP contribution in [0.4, 0.5) is 10.2 Å². The molecule has 196 valence electrons. The standard InChI is InChI=1S/C27H28FN7O3/c1-4-19(36)11-16-8-10-35(14-16)25-22-20(7-9-29-23(22)32-33-25)17-5-6-18(21(28)12-17)13-30-26(37)24-31-27(15(2)3)38-34-24/h4-7,9,12,15-16H,1,8,10-11,13-14H2,2-3H3,(H,30,37)(H,29,32,33)/t16-/m0/s1. The van der Waals surface area contributed by atoms with Crippen LogP contribution in [-0.2, 0) is 11.3 Å². The lowest BCUT2D eigenvalue weighted by atomic mass is 10.0. The van der Waals surface area contributed by atoms with Crippen LogP contribution >= 0.6 is 0 Å². The number of carbonyl (C=O) groups is 2. The lowest BCUT2D eigenvalue weighted by Gasteiger charge is -2.17. The number of hydrogen-bond acceptors (Lipinski definition) is 8. The topological polar surface area (TPSA) is 130 Å². The summed E-state index contributed by atoms with van der Waals surface area (Å²) in [5.74, 6) is 0.268. The molecule has 1 aromatic carbocycles. The molecule has 38 heavy (non-hydrogen) atoms. The molecule has 0 saturated carbocycles. The zero-order valence-electron chi connectivity index (χ0n) is 21.2. The molecule has 0 bridgehead atoms. The molecule has 1 aliphatic heterocycles. The highest BCUT2D eigenvalue weighted by Gasteiger charge is 2.28. The third-order valence-corrected chi connectivity index (χ3v) is 6.69. The second kappa shape index (κ2) is 10.5. The van der Waals surface area contributed by atoms with E-state index in [2.05, 4.69) is 42.1 Å². The number of aromatic nitrogens is 5. The minimum atomic E-state index is -0.540. The van der Waals surface area contributed by atoms with E-state index in [-0.39, 0.29) is 30.0 Å². The van der Waals surface area contributed by atoms with Crippen LogP contribution in [0.5, 0.6) is 0 Å². The van der Waals surface area contributed by atoms with E-state index in [1.807, 2.05) is 19.9 Å². The summed E-state index contributed by atoms with van der Waals surface area (Å²) >= 11 is 0. The number of amides is 1. The van der Waals surface area contributed by atoms with E-state index < -0.39 is 11.7 Å². The number of anilines is 1. The molecule has 4 aromatic rings. The van der Waals surface area contributed by atoms with Gasteiger partial charge in [0.05, 0.1) is 5.39 Å². The molecule has 0 aliphatic carbocycles. The van der Waals surface area contributed by atoms with Crippen molar-refractivity contribution < 1.29 is 18.5 Å². The van der Waals surface area contributed by atoms with Crippen molar-refractivity contribution >= 4 is 28.5 Å². The predicted molar refractivity (Wildman–Crippen MR) is 139 cm³/mol. The molecule has 2 N–H and O–H groups in total. The number of aromatic amines is 1. The van der Waals surface area contributed by atoms with E-state index in [0.29, 0.717) is 35.6 Å². The van der Waals surface area contributed by atoms with Gasteiger partial charge < -0.3 is 14.7 Å². The minimum Gasteiger partial charge on any atom is -0.354 e. The van der Waals surface area contributed by atoms with Gasteiger partial charge in [0.25, 0.3) is 11.7 Å². The number of ketones is 1. The van der Waals surface area contributed by atoms with Crippen LogP contribution in [0.3, 0.4) is 0 Å². The monoisotopic (exact) mass is 517 g/mol. The number of hydrogen-bond donors (Lipinski definition) is 2. The fourth-order valence-electron chi connectivity index (χ4n) is 4.64. The summed E-state index contributed by atoms with van der Waals surface area (Å²) in [5.41, 5.74) is 2.36. The van der Waals surface area contributed by atoms with Crippen LogP contribution < -0.4 is 10.2 Å². The van der Waals surface area contributed by atoms with Crippen molar-refractivity contribution in [3.8, 4) is 11.1 Å². The highest BCUT2D eigenvalue weighted by atomic mass is 19.1. The van der Waals surface area contributed by atoms with Crippen LogP contribution in [0.25, 0.3) is 22.2 Å². The molecule has 1 fully saturated rings. The van der Waals surface area contributed by atoms with Gasteiger partial charge in [-0.2, -0.15) is 10.1 Å². The normalized spacial score (nSPS) is 15.4. The SMILES string of the molecule is C=CC(=O)C[C@@H]1CCN(c2n[nH]c3nccc(-c4ccc(CNC(=O)c5noc(C(C)C)n5)c(F)c4)c23)C1. The number of halogens is 1. The van der Waals surface area contributed by atoms with Crippen LogP contribution in [0, 0.1) is 11.7 Å². The maximum Gasteiger partial charge on any atom is 0.292 e. The Hall–Kier alpha value is -4.41. The van der Waals surface area contributed by atoms with E-state index in [9.17, 15) is 9.59 Å². The molecule has 5 rings (SSSR count). The molecule has 0 radical (unpaired) electrons. The summed E-state index contributed by atoms with van der Waals surface area (Å²) in [4.78, 5) is 34.8. The predicted octanol–water partition coefficient (Wildman–Crippen LogP) is 4.17. The maximum atomic E-state index is 15.1. The van der Waals surface area contributed by atoms with Crippen molar-refractivity contribution in [1.29, 1.82) is 0 Å². The number of benzene rings is 1. The van der Waals surface area contributed by atoms with Gasteiger partial charge >= 0.3 is 0 Å². The first-order valence-electron chi connectivity index (χ1n) is 12.5. The Morgan fingerprint density at radius 3 is 2.92 bits per heavy atom. The first-order valence-corrected chi connectivity index (χ1v) is 12.5. The van der Waals surface area contributed by atoms with E-state index in [1.54, 1.807) is 18.3 Å². The van der Waals surface area contributed by atoms with Crippen LogP contribution in [-0.4, -0.2) is 50.1 Å². The Kier molecular flexibility index (Phi) is 6.99. The van der Waals surface area contributed by atoms with Crippen molar-refractivity contribution in [3.63, 3.8) is 0 Å². The molecule has 1 saturated heterocycles. The average Bonchev–Trinajstić information content (AvgIpc) is 3.67. The summed E-state index contributed by atoms with van der Waals surface area (Å²) in [5, 5.41) is 14.6. The van der Waals surface area contributed by atoms with Gasteiger partial charge in [0.2, 0.25) is 5.89 Å². The van der Waals surface area contributed by atoms with Crippen molar-refractivity contribution in [2.45, 2.75) is 39.2 Å². The second-order valence-electron chi connectivity index (χ2n) is 9.70. The Bertz CT molecular complexity index is 1510. The average molecular weight is 518 g/mol. The van der Waals surface area contributed by atoms with Crippen molar-refractivity contribution in [2.75, 3.05) is 18.0 Å². The molecular formula is C27H28FN7O3. The summed E-state index contributed by atoms with van der Waals surface area (Å²) in [6.07, 6.45) is 4.35. The molecule has 3 aromatic heterocycles. The minimum absolute atomic E-state index is 0.00204. The van der Waals surface area contributed by atoms with Gasteiger partial charge in [-0.3, -0.25) is 14.7 Å². The third-order valence-electron chi connectivity index (χ3n) is 6.69. The van der Waals surface area contributed by atoms with Crippen molar-refractivity contribution in [2.24, 2.45) is 5.92 Å². The number of allylic oxidation sites excluding steroid dienone is 1.